The number of hydrogen-bond acceptors (Lipinski definition) is 12. The van der Waals surface area contributed by atoms with Crippen LogP contribution in [0.25, 0.3) is 0 Å². The maximum Gasteiger partial charge on any atom is 0.133 e. The van der Waals surface area contributed by atoms with E-state index in [-0.39, 0.29) is 52.7 Å². The Balaban J connectivity index is 0.000000547. The topological polar surface area (TPSA) is 111 Å². The molecule has 2 aliphatic carbocycles. The number of benzene rings is 6. The molecule has 108 heavy (non-hydrogen) atoms. The zero-order valence-corrected chi connectivity index (χ0v) is 68.5. The lowest BCUT2D eigenvalue weighted by Gasteiger charge is -2.32. The van der Waals surface area contributed by atoms with Crippen LogP contribution >= 0.6 is 0 Å². The molecule has 0 spiro atoms. The van der Waals surface area contributed by atoms with Crippen molar-refractivity contribution >= 4 is 0 Å². The number of halogens is 1. The molecule has 0 saturated heterocycles. The third-order valence-electron chi connectivity index (χ3n) is 21.3. The van der Waals surface area contributed by atoms with Gasteiger partial charge in [-0.15, -0.1) is 0 Å². The Morgan fingerprint density at radius 3 is 1.05 bits per heavy atom. The molecule has 5 unspecified atom stereocenters. The van der Waals surface area contributed by atoms with E-state index in [1.807, 2.05) is 97.0 Å². The number of alkyl halides is 1. The molecule has 5 atom stereocenters. The molecule has 13 heteroatoms. The van der Waals surface area contributed by atoms with Crippen molar-refractivity contribution in [1.82, 2.24) is 0 Å². The standard InChI is InChI=1S/C36H53FO4.C28H42O4.C27H40O4.4CH4/c1-6-36(5,37)29-17-19-33(20-18-29)38-21-22-39-34-27(25-40-31-13-9-7-10-14-31)23-30(35(2,3)4)24-28(34)26-41-32-15-11-8-12-16-32;1-10-19(2)22-11-13-24(14-12-22)31-15-16-32-27-25(20(3)29-8)17-23(28(5,6)7)18-26(27)21(4)30-9;1-10-20(3)21-11-13-22(14-12-21)30-15-16-31-25-23(26(4,5)28-8)17-19(2)18-24(25)27(6,7)29-9;;;;/h17-20,23-24,31-32H,6-16,21-22,25-26H2,1-5H3;11-14,17-21H,10,15-16H2,1-9H3;11-14,17-18,20H,10,15-16H2,1-9H3;4*1H4. The smallest absolute Gasteiger partial charge is 0.133 e. The van der Waals surface area contributed by atoms with Gasteiger partial charge in [-0.2, -0.15) is 0 Å². The minimum absolute atomic E-state index is 0. The lowest BCUT2D eigenvalue weighted by molar-refractivity contribution is 0.00819. The molecule has 6 aromatic carbocycles. The van der Waals surface area contributed by atoms with Gasteiger partial charge in [-0.05, 0) is 224 Å². The quantitative estimate of drug-likeness (QED) is 0.0353. The first-order chi connectivity index (χ1) is 49.3. The van der Waals surface area contributed by atoms with Crippen LogP contribution in [0.15, 0.2) is 109 Å². The number of methoxy groups -OCH3 is 4. The van der Waals surface area contributed by atoms with Crippen LogP contribution in [0.1, 0.15) is 329 Å². The molecule has 6 aromatic rings. The molecule has 2 saturated carbocycles. The first-order valence-electron chi connectivity index (χ1n) is 39.0. The molecule has 0 N–H and O–H groups in total. The lowest BCUT2D eigenvalue weighted by Crippen LogP contribution is -2.27. The third kappa shape index (κ3) is 29.5. The fourth-order valence-corrected chi connectivity index (χ4v) is 12.9. The van der Waals surface area contributed by atoms with Crippen LogP contribution in [0.5, 0.6) is 34.5 Å². The van der Waals surface area contributed by atoms with Gasteiger partial charge in [0.15, 0.2) is 0 Å². The van der Waals surface area contributed by atoms with E-state index in [1.54, 1.807) is 35.4 Å². The van der Waals surface area contributed by atoms with Crippen LogP contribution in [-0.4, -0.2) is 80.3 Å². The van der Waals surface area contributed by atoms with Gasteiger partial charge in [0, 0.05) is 61.8 Å². The Bertz CT molecular complexity index is 3350. The molecule has 0 heterocycles. The van der Waals surface area contributed by atoms with Crippen LogP contribution in [0.2, 0.25) is 0 Å². The number of ether oxygens (including phenoxy) is 12. The Morgan fingerprint density at radius 1 is 0.398 bits per heavy atom. The van der Waals surface area contributed by atoms with Crippen molar-refractivity contribution in [1.29, 1.82) is 0 Å². The van der Waals surface area contributed by atoms with Gasteiger partial charge in [0.25, 0.3) is 0 Å². The summed E-state index contributed by atoms with van der Waals surface area (Å²) in [5.41, 5.74) is 11.0. The molecular weight excluding hydrogens is 1350 g/mol. The molecule has 2 fully saturated rings. The summed E-state index contributed by atoms with van der Waals surface area (Å²) < 4.78 is 87.5. The Labute approximate surface area is 658 Å². The zero-order chi connectivity index (χ0) is 76.4. The van der Waals surface area contributed by atoms with Crippen molar-refractivity contribution in [3.05, 3.63) is 176 Å². The summed E-state index contributed by atoms with van der Waals surface area (Å²) in [5, 5.41) is 0. The van der Waals surface area contributed by atoms with Crippen molar-refractivity contribution in [2.24, 2.45) is 0 Å². The van der Waals surface area contributed by atoms with Gasteiger partial charge in [-0.1, -0.05) is 186 Å². The van der Waals surface area contributed by atoms with E-state index in [0.717, 1.165) is 106 Å². The van der Waals surface area contributed by atoms with Crippen LogP contribution < -0.4 is 28.4 Å². The largest absolute Gasteiger partial charge is 0.490 e. The highest BCUT2D eigenvalue weighted by Gasteiger charge is 2.33. The predicted molar refractivity (Wildman–Crippen MR) is 451 cm³/mol. The summed E-state index contributed by atoms with van der Waals surface area (Å²) >= 11 is 0. The highest BCUT2D eigenvalue weighted by Crippen LogP contribution is 2.44. The van der Waals surface area contributed by atoms with Gasteiger partial charge in [0.05, 0.1) is 48.8 Å². The summed E-state index contributed by atoms with van der Waals surface area (Å²) in [6, 6.07) is 37.2. The highest BCUT2D eigenvalue weighted by atomic mass is 19.1. The molecule has 0 aromatic heterocycles. The maximum absolute atomic E-state index is 14.6. The van der Waals surface area contributed by atoms with Gasteiger partial charge >= 0.3 is 0 Å². The van der Waals surface area contributed by atoms with Crippen molar-refractivity contribution in [3.8, 4) is 34.5 Å². The number of aryl methyl sites for hydroxylation is 1. The molecule has 12 nitrogen and oxygen atoms in total. The van der Waals surface area contributed by atoms with E-state index in [0.29, 0.717) is 94.6 Å². The molecule has 8 rings (SSSR count). The molecule has 0 amide bonds. The lowest BCUT2D eigenvalue weighted by atomic mass is 9.83. The van der Waals surface area contributed by atoms with Crippen molar-refractivity contribution in [2.45, 2.75) is 322 Å². The predicted octanol–water partition coefficient (Wildman–Crippen LogP) is 26.4. The summed E-state index contributed by atoms with van der Waals surface area (Å²) in [7, 11) is 6.90. The average molecular weight is 1500 g/mol. The summed E-state index contributed by atoms with van der Waals surface area (Å²) in [6.45, 7) is 43.8. The molecular formula is C95H151FO12. The van der Waals surface area contributed by atoms with Gasteiger partial charge in [0.2, 0.25) is 0 Å². The van der Waals surface area contributed by atoms with Crippen LogP contribution in [-0.2, 0) is 69.3 Å². The van der Waals surface area contributed by atoms with Crippen molar-refractivity contribution < 1.29 is 61.2 Å². The van der Waals surface area contributed by atoms with Gasteiger partial charge in [-0.3, -0.25) is 0 Å². The van der Waals surface area contributed by atoms with Crippen molar-refractivity contribution in [2.75, 3.05) is 68.1 Å². The van der Waals surface area contributed by atoms with E-state index >= 15 is 0 Å². The normalized spacial score (nSPS) is 15.2. The van der Waals surface area contributed by atoms with E-state index in [2.05, 4.69) is 137 Å². The minimum Gasteiger partial charge on any atom is -0.490 e. The fourth-order valence-electron chi connectivity index (χ4n) is 12.9. The second kappa shape index (κ2) is 46.6. The Kier molecular flexibility index (Phi) is 42.2. The Hall–Kier alpha value is -6.19. The third-order valence-corrected chi connectivity index (χ3v) is 21.3. The van der Waals surface area contributed by atoms with Gasteiger partial charge in [-0.25, -0.2) is 4.39 Å². The fraction of sp³-hybridized carbons (Fsp3) is 0.621. The molecule has 2 aliphatic rings. The Morgan fingerprint density at radius 2 is 0.722 bits per heavy atom. The number of rotatable bonds is 35. The summed E-state index contributed by atoms with van der Waals surface area (Å²) in [6.07, 6.45) is 15.3. The molecule has 0 aliphatic heterocycles. The first-order valence-corrected chi connectivity index (χ1v) is 39.0. The van der Waals surface area contributed by atoms with Gasteiger partial charge < -0.3 is 56.8 Å². The first kappa shape index (κ1) is 97.9. The van der Waals surface area contributed by atoms with E-state index < -0.39 is 16.9 Å². The molecule has 0 radical (unpaired) electrons. The summed E-state index contributed by atoms with van der Waals surface area (Å²) in [4.78, 5) is 0. The van der Waals surface area contributed by atoms with Crippen molar-refractivity contribution in [3.63, 3.8) is 0 Å². The molecule has 0 bridgehead atoms. The molecule has 610 valence electrons. The second-order valence-corrected chi connectivity index (χ2v) is 32.0. The minimum atomic E-state index is -1.33. The van der Waals surface area contributed by atoms with Crippen LogP contribution in [0, 0.1) is 6.92 Å². The SMILES string of the molecule is C.C.C.C.CCC(C)(F)c1ccc(OCCOc2c(COC3CCCCC3)cc(C(C)(C)C)cc2COC2CCCCC2)cc1.CCC(C)c1ccc(OCCOc2c(C(C)(C)OC)cc(C)cc2C(C)(C)OC)cc1.CCC(C)c1ccc(OCCOc2c(C(C)OC)cc(C(C)(C)C)cc2C(C)OC)cc1. The van der Waals surface area contributed by atoms with E-state index in [4.69, 9.17) is 56.8 Å². The average Bonchev–Trinajstić information content (AvgIpc) is 0.783. The second-order valence-electron chi connectivity index (χ2n) is 32.0. The monoisotopic (exact) mass is 1500 g/mol. The van der Waals surface area contributed by atoms with Crippen LogP contribution in [0.4, 0.5) is 4.39 Å². The maximum atomic E-state index is 14.6. The van der Waals surface area contributed by atoms with Crippen LogP contribution in [0.3, 0.4) is 0 Å². The van der Waals surface area contributed by atoms with Gasteiger partial charge in [0.1, 0.15) is 79.8 Å². The van der Waals surface area contributed by atoms with E-state index in [1.165, 1.54) is 60.8 Å². The number of hydrogen-bond donors (Lipinski definition) is 0. The van der Waals surface area contributed by atoms with E-state index in [9.17, 15) is 4.39 Å². The highest BCUT2D eigenvalue weighted by molar-refractivity contribution is 5.51. The summed E-state index contributed by atoms with van der Waals surface area (Å²) in [5.74, 6) is 6.07. The zero-order valence-electron chi connectivity index (χ0n) is 68.5.